The number of hydrogen-bond acceptors (Lipinski definition) is 6. The first-order valence-corrected chi connectivity index (χ1v) is 18.8. The minimum atomic E-state index is -1.98. The van der Waals surface area contributed by atoms with Crippen LogP contribution in [0.15, 0.2) is 0 Å². The van der Waals surface area contributed by atoms with Gasteiger partial charge in [0, 0.05) is 0 Å². The number of aliphatic hydroxyl groups is 2. The van der Waals surface area contributed by atoms with E-state index in [2.05, 4.69) is 39.3 Å². The van der Waals surface area contributed by atoms with E-state index in [1.165, 1.54) is 0 Å². The zero-order valence-corrected chi connectivity index (χ0v) is 19.7. The zero-order chi connectivity index (χ0) is 19.0. The van der Waals surface area contributed by atoms with Crippen molar-refractivity contribution in [1.82, 2.24) is 0 Å². The van der Waals surface area contributed by atoms with E-state index >= 15 is 0 Å². The zero-order valence-electron chi connectivity index (χ0n) is 16.7. The third-order valence-corrected chi connectivity index (χ3v) is 6.32. The smallest absolute Gasteiger partial charge is 0.218 e. The number of ether oxygens (including phenoxy) is 1. The maximum Gasteiger partial charge on any atom is 0.218 e. The van der Waals surface area contributed by atoms with E-state index in [1.807, 2.05) is 19.6 Å². The molecule has 144 valence electrons. The molecule has 1 rings (SSSR count). The lowest BCUT2D eigenvalue weighted by atomic mass is 10.1. The summed E-state index contributed by atoms with van der Waals surface area (Å²) in [4.78, 5) is 0. The number of aliphatic hydroxyl groups excluding tert-OH is 1. The Hall–Kier alpha value is 0.411. The van der Waals surface area contributed by atoms with Gasteiger partial charge < -0.3 is 28.2 Å². The number of rotatable bonds is 8. The van der Waals surface area contributed by atoms with Gasteiger partial charge in [-0.25, -0.2) is 0 Å². The second-order valence-electron chi connectivity index (χ2n) is 9.43. The Morgan fingerprint density at radius 3 is 1.75 bits per heavy atom. The standard InChI is InChI=1S/C15H36O6Si3/c1-22(2,3)18-10-12-13(20-23(4,5)6)14(21-24(7,8)9)15(17,11-16)19-12/h12-14,16-17H,10-11H2,1-9H3/t12-,13-,14+,15-/m1/s1. The fourth-order valence-corrected chi connectivity index (χ4v) is 5.36. The van der Waals surface area contributed by atoms with Gasteiger partial charge in [-0.2, -0.15) is 0 Å². The van der Waals surface area contributed by atoms with Crippen molar-refractivity contribution in [3.8, 4) is 0 Å². The van der Waals surface area contributed by atoms with Crippen LogP contribution in [0.3, 0.4) is 0 Å². The maximum atomic E-state index is 10.8. The first-order valence-electron chi connectivity index (χ1n) is 8.57. The van der Waals surface area contributed by atoms with E-state index < -0.39 is 55.7 Å². The Kier molecular flexibility index (Phi) is 7.08. The predicted octanol–water partition coefficient (Wildman–Crippen LogP) is 2.36. The molecule has 0 aromatic heterocycles. The molecule has 1 heterocycles. The minimum Gasteiger partial charge on any atom is -0.415 e. The van der Waals surface area contributed by atoms with Crippen molar-refractivity contribution in [2.75, 3.05) is 13.2 Å². The molecular formula is C15H36O6Si3. The molecule has 1 aliphatic heterocycles. The highest BCUT2D eigenvalue weighted by atomic mass is 28.4. The third kappa shape index (κ3) is 6.96. The second kappa shape index (κ2) is 7.57. The molecule has 2 N–H and O–H groups in total. The van der Waals surface area contributed by atoms with Gasteiger partial charge in [-0.1, -0.05) is 0 Å². The summed E-state index contributed by atoms with van der Waals surface area (Å²) < 4.78 is 24.3. The summed E-state index contributed by atoms with van der Waals surface area (Å²) in [7, 11) is -5.63. The fraction of sp³-hybridized carbons (Fsp3) is 1.00. The Morgan fingerprint density at radius 2 is 1.38 bits per heavy atom. The lowest BCUT2D eigenvalue weighted by molar-refractivity contribution is -0.244. The Morgan fingerprint density at radius 1 is 0.875 bits per heavy atom. The lowest BCUT2D eigenvalue weighted by Crippen LogP contribution is -2.54. The number of hydrogen-bond donors (Lipinski definition) is 2. The Bertz CT molecular complexity index is 415. The normalized spacial score (nSPS) is 32.4. The molecule has 6 nitrogen and oxygen atoms in total. The first-order chi connectivity index (χ1) is 10.6. The Labute approximate surface area is 149 Å². The highest BCUT2D eigenvalue weighted by Crippen LogP contribution is 2.37. The van der Waals surface area contributed by atoms with E-state index in [-0.39, 0.29) is 0 Å². The van der Waals surface area contributed by atoms with Gasteiger partial charge in [0.1, 0.15) is 18.3 Å². The minimum absolute atomic E-state index is 0.332. The van der Waals surface area contributed by atoms with Crippen molar-refractivity contribution in [3.05, 3.63) is 0 Å². The molecular weight excluding hydrogens is 360 g/mol. The SMILES string of the molecule is C[Si](C)(C)OC[C@H]1O[C@](O)(CO)[C@@H](O[Si](C)(C)C)[C@@H]1O[Si](C)(C)C. The topological polar surface area (TPSA) is 77.4 Å². The molecule has 0 bridgehead atoms. The van der Waals surface area contributed by atoms with Crippen LogP contribution in [0.2, 0.25) is 58.9 Å². The quantitative estimate of drug-likeness (QED) is 0.613. The van der Waals surface area contributed by atoms with Crippen molar-refractivity contribution in [1.29, 1.82) is 0 Å². The highest BCUT2D eigenvalue weighted by molar-refractivity contribution is 6.70. The van der Waals surface area contributed by atoms with E-state index in [4.69, 9.17) is 18.0 Å². The molecule has 4 atom stereocenters. The van der Waals surface area contributed by atoms with Crippen molar-refractivity contribution in [2.24, 2.45) is 0 Å². The van der Waals surface area contributed by atoms with Gasteiger partial charge in [-0.15, -0.1) is 0 Å². The summed E-state index contributed by atoms with van der Waals surface area (Å²) in [6.45, 7) is 18.5. The van der Waals surface area contributed by atoms with Crippen LogP contribution >= 0.6 is 0 Å². The van der Waals surface area contributed by atoms with E-state index in [1.54, 1.807) is 0 Å². The fourth-order valence-electron chi connectivity index (χ4n) is 2.52. The van der Waals surface area contributed by atoms with Crippen LogP contribution in [-0.4, -0.2) is 72.5 Å². The molecule has 0 aliphatic carbocycles. The maximum absolute atomic E-state index is 10.8. The summed E-state index contributed by atoms with van der Waals surface area (Å²) >= 11 is 0. The van der Waals surface area contributed by atoms with Crippen LogP contribution in [0.25, 0.3) is 0 Å². The molecule has 0 amide bonds. The van der Waals surface area contributed by atoms with Gasteiger partial charge >= 0.3 is 0 Å². The van der Waals surface area contributed by atoms with Gasteiger partial charge in [0.2, 0.25) is 5.79 Å². The predicted molar refractivity (Wildman–Crippen MR) is 103 cm³/mol. The van der Waals surface area contributed by atoms with Crippen LogP contribution in [-0.2, 0) is 18.0 Å². The van der Waals surface area contributed by atoms with Gasteiger partial charge in [-0.3, -0.25) is 0 Å². The molecule has 1 fully saturated rings. The molecule has 1 aliphatic rings. The van der Waals surface area contributed by atoms with Gasteiger partial charge in [-0.05, 0) is 58.9 Å². The molecule has 0 radical (unpaired) electrons. The van der Waals surface area contributed by atoms with E-state index in [0.717, 1.165) is 0 Å². The van der Waals surface area contributed by atoms with Crippen LogP contribution in [0, 0.1) is 0 Å². The molecule has 0 aromatic carbocycles. The van der Waals surface area contributed by atoms with Crippen molar-refractivity contribution in [2.45, 2.75) is 83.0 Å². The summed E-state index contributed by atoms with van der Waals surface area (Å²) in [5.74, 6) is -1.75. The summed E-state index contributed by atoms with van der Waals surface area (Å²) in [5, 5.41) is 20.5. The summed E-state index contributed by atoms with van der Waals surface area (Å²) in [6.07, 6.45) is -1.62. The van der Waals surface area contributed by atoms with Gasteiger partial charge in [0.25, 0.3) is 0 Å². The molecule has 0 unspecified atom stereocenters. The van der Waals surface area contributed by atoms with Gasteiger partial charge in [0.15, 0.2) is 25.0 Å². The largest absolute Gasteiger partial charge is 0.415 e. The molecule has 24 heavy (non-hydrogen) atoms. The van der Waals surface area contributed by atoms with Crippen molar-refractivity contribution >= 4 is 25.0 Å². The second-order valence-corrected chi connectivity index (χ2v) is 22.9. The molecule has 0 aromatic rings. The van der Waals surface area contributed by atoms with Crippen molar-refractivity contribution < 1.29 is 28.2 Å². The van der Waals surface area contributed by atoms with Crippen LogP contribution in [0.1, 0.15) is 0 Å². The molecule has 0 spiro atoms. The van der Waals surface area contributed by atoms with Gasteiger partial charge in [0.05, 0.1) is 13.2 Å². The average molecular weight is 397 g/mol. The summed E-state index contributed by atoms with van der Waals surface area (Å²) in [5.41, 5.74) is 0. The monoisotopic (exact) mass is 396 g/mol. The lowest BCUT2D eigenvalue weighted by Gasteiger charge is -2.36. The van der Waals surface area contributed by atoms with Crippen molar-refractivity contribution in [3.63, 3.8) is 0 Å². The third-order valence-electron chi connectivity index (χ3n) is 3.34. The molecule has 9 heteroatoms. The molecule has 0 saturated carbocycles. The molecule has 1 saturated heterocycles. The van der Waals surface area contributed by atoms with Crippen LogP contribution in [0.4, 0.5) is 0 Å². The summed E-state index contributed by atoms with van der Waals surface area (Å²) in [6, 6.07) is 0. The average Bonchev–Trinajstić information content (AvgIpc) is 2.58. The highest BCUT2D eigenvalue weighted by Gasteiger charge is 2.57. The van der Waals surface area contributed by atoms with E-state index in [9.17, 15) is 10.2 Å². The van der Waals surface area contributed by atoms with Crippen LogP contribution < -0.4 is 0 Å². The van der Waals surface area contributed by atoms with Crippen LogP contribution in [0.5, 0.6) is 0 Å². The Balaban J connectivity index is 3.09. The first kappa shape index (κ1) is 22.5. The van der Waals surface area contributed by atoms with E-state index in [0.29, 0.717) is 6.61 Å².